The molecule has 7 nitrogen and oxygen atoms in total. The number of aromatic nitrogens is 5. The molecule has 1 aliphatic rings. The van der Waals surface area contributed by atoms with Crippen LogP contribution in [0.3, 0.4) is 0 Å². The summed E-state index contributed by atoms with van der Waals surface area (Å²) in [5, 5.41) is 4.73. The Kier molecular flexibility index (Phi) is 4.99. The van der Waals surface area contributed by atoms with Gasteiger partial charge in [-0.05, 0) is 49.2 Å². The third-order valence-electron chi connectivity index (χ3n) is 5.33. The maximum atomic E-state index is 13.4. The van der Waals surface area contributed by atoms with Gasteiger partial charge in [-0.3, -0.25) is 0 Å². The van der Waals surface area contributed by atoms with Crippen LogP contribution in [0.4, 0.5) is 4.39 Å². The quantitative estimate of drug-likeness (QED) is 0.498. The van der Waals surface area contributed by atoms with E-state index in [1.54, 1.807) is 25.6 Å². The lowest BCUT2D eigenvalue weighted by atomic mass is 10.1. The van der Waals surface area contributed by atoms with Crippen LogP contribution in [-0.4, -0.2) is 38.0 Å². The van der Waals surface area contributed by atoms with Gasteiger partial charge in [0.05, 0.1) is 24.8 Å². The normalized spacial score (nSPS) is 16.0. The number of fused-ring (bicyclic) bond motifs is 1. The largest absolute Gasteiger partial charge is 0.495 e. The molecule has 2 aromatic heterocycles. The van der Waals surface area contributed by atoms with Gasteiger partial charge in [-0.25, -0.2) is 19.0 Å². The fourth-order valence-corrected chi connectivity index (χ4v) is 3.79. The number of rotatable bonds is 4. The monoisotopic (exact) mass is 419 g/mol. The fourth-order valence-electron chi connectivity index (χ4n) is 3.79. The van der Waals surface area contributed by atoms with Crippen molar-refractivity contribution in [3.8, 4) is 22.8 Å². The molecule has 0 aliphatic carbocycles. The van der Waals surface area contributed by atoms with E-state index in [9.17, 15) is 4.39 Å². The molecule has 158 valence electrons. The van der Waals surface area contributed by atoms with Crippen LogP contribution in [0, 0.1) is 12.7 Å². The molecule has 1 unspecified atom stereocenters. The minimum atomic E-state index is -0.389. The Bertz CT molecular complexity index is 1220. The number of hydrogen-bond donors (Lipinski definition) is 0. The molecule has 1 aliphatic heterocycles. The van der Waals surface area contributed by atoms with Crippen molar-refractivity contribution in [1.29, 1.82) is 0 Å². The van der Waals surface area contributed by atoms with Crippen LogP contribution in [0.2, 0.25) is 0 Å². The first-order valence-corrected chi connectivity index (χ1v) is 10.1. The third-order valence-corrected chi connectivity index (χ3v) is 5.33. The molecule has 0 saturated carbocycles. The SMILES string of the molecule is COc1cc(-c2nc3n(n2)CCCOC3c2ccc(F)cc2)ccc1-n1cnc(C)c1. The number of hydrogen-bond acceptors (Lipinski definition) is 5. The van der Waals surface area contributed by atoms with Gasteiger partial charge in [0.1, 0.15) is 17.7 Å². The lowest BCUT2D eigenvalue weighted by Crippen LogP contribution is -2.10. The van der Waals surface area contributed by atoms with Crippen LogP contribution >= 0.6 is 0 Å². The standard InChI is InChI=1S/C23H22FN5O2/c1-15-13-28(14-25-15)19-9-6-17(12-20(19)30-2)22-26-23-21(16-4-7-18(24)8-5-16)31-11-3-10-29(23)27-22/h4-9,12-14,21H,3,10-11H2,1-2H3. The molecule has 1 atom stereocenters. The maximum Gasteiger partial charge on any atom is 0.181 e. The second kappa shape index (κ2) is 7.96. The summed E-state index contributed by atoms with van der Waals surface area (Å²) in [6.45, 7) is 3.25. The van der Waals surface area contributed by atoms with Crippen molar-refractivity contribution in [2.24, 2.45) is 0 Å². The minimum absolute atomic E-state index is 0.278. The highest BCUT2D eigenvalue weighted by molar-refractivity contribution is 5.63. The zero-order valence-corrected chi connectivity index (χ0v) is 17.3. The molecule has 4 aromatic rings. The predicted octanol–water partition coefficient (Wildman–Crippen LogP) is 4.10. The highest BCUT2D eigenvalue weighted by atomic mass is 19.1. The van der Waals surface area contributed by atoms with Crippen molar-refractivity contribution in [3.05, 3.63) is 77.9 Å². The summed E-state index contributed by atoms with van der Waals surface area (Å²) in [6, 6.07) is 12.2. The summed E-state index contributed by atoms with van der Waals surface area (Å²) in [7, 11) is 1.64. The molecular formula is C23H22FN5O2. The molecule has 0 fully saturated rings. The predicted molar refractivity (Wildman–Crippen MR) is 113 cm³/mol. The second-order valence-corrected chi connectivity index (χ2v) is 7.48. The molecule has 0 saturated heterocycles. The van der Waals surface area contributed by atoms with Gasteiger partial charge >= 0.3 is 0 Å². The molecule has 8 heteroatoms. The fraction of sp³-hybridized carbons (Fsp3) is 0.261. The zero-order chi connectivity index (χ0) is 21.4. The lowest BCUT2D eigenvalue weighted by Gasteiger charge is -2.14. The Hall–Kier alpha value is -3.52. The van der Waals surface area contributed by atoms with Gasteiger partial charge in [-0.2, -0.15) is 5.10 Å². The number of ether oxygens (including phenoxy) is 2. The van der Waals surface area contributed by atoms with Crippen LogP contribution in [0.5, 0.6) is 5.75 Å². The Balaban J connectivity index is 1.53. The number of aryl methyl sites for hydroxylation is 2. The van der Waals surface area contributed by atoms with E-state index >= 15 is 0 Å². The Morgan fingerprint density at radius 2 is 2.00 bits per heavy atom. The average molecular weight is 419 g/mol. The summed E-state index contributed by atoms with van der Waals surface area (Å²) < 4.78 is 28.9. The van der Waals surface area contributed by atoms with Crippen LogP contribution in [0.15, 0.2) is 55.0 Å². The molecule has 0 spiro atoms. The number of methoxy groups -OCH3 is 1. The van der Waals surface area contributed by atoms with E-state index in [4.69, 9.17) is 19.6 Å². The maximum absolute atomic E-state index is 13.4. The van der Waals surface area contributed by atoms with Gasteiger partial charge in [0.25, 0.3) is 0 Å². The van der Waals surface area contributed by atoms with Crippen molar-refractivity contribution in [3.63, 3.8) is 0 Å². The highest BCUT2D eigenvalue weighted by Crippen LogP contribution is 2.32. The Morgan fingerprint density at radius 1 is 1.16 bits per heavy atom. The molecule has 2 aromatic carbocycles. The molecule has 0 bridgehead atoms. The highest BCUT2D eigenvalue weighted by Gasteiger charge is 2.26. The third kappa shape index (κ3) is 3.70. The first-order chi connectivity index (χ1) is 15.1. The van der Waals surface area contributed by atoms with Crippen molar-refractivity contribution in [2.45, 2.75) is 26.0 Å². The number of halogens is 1. The number of nitrogens with zero attached hydrogens (tertiary/aromatic N) is 5. The second-order valence-electron chi connectivity index (χ2n) is 7.48. The van der Waals surface area contributed by atoms with Gasteiger partial charge in [-0.1, -0.05) is 12.1 Å². The average Bonchev–Trinajstić information content (AvgIpc) is 3.36. The van der Waals surface area contributed by atoms with Crippen LogP contribution in [0.25, 0.3) is 17.1 Å². The Labute approximate surface area is 179 Å². The summed E-state index contributed by atoms with van der Waals surface area (Å²) in [5.41, 5.74) is 3.51. The minimum Gasteiger partial charge on any atom is -0.495 e. The van der Waals surface area contributed by atoms with E-state index in [0.717, 1.165) is 28.9 Å². The number of imidazole rings is 1. The molecular weight excluding hydrogens is 397 g/mol. The molecule has 0 radical (unpaired) electrons. The smallest absolute Gasteiger partial charge is 0.181 e. The van der Waals surface area contributed by atoms with Crippen molar-refractivity contribution >= 4 is 0 Å². The topological polar surface area (TPSA) is 67.0 Å². The van der Waals surface area contributed by atoms with E-state index in [1.165, 1.54) is 12.1 Å². The lowest BCUT2D eigenvalue weighted by molar-refractivity contribution is 0.0812. The van der Waals surface area contributed by atoms with Crippen molar-refractivity contribution < 1.29 is 13.9 Å². The van der Waals surface area contributed by atoms with Gasteiger partial charge in [0.15, 0.2) is 11.6 Å². The van der Waals surface area contributed by atoms with Crippen LogP contribution in [0.1, 0.15) is 29.6 Å². The van der Waals surface area contributed by atoms with Gasteiger partial charge in [0, 0.05) is 24.9 Å². The van der Waals surface area contributed by atoms with Crippen molar-refractivity contribution in [1.82, 2.24) is 24.3 Å². The van der Waals surface area contributed by atoms with E-state index in [1.807, 2.05) is 40.6 Å². The van der Waals surface area contributed by atoms with E-state index in [2.05, 4.69) is 4.98 Å². The summed E-state index contributed by atoms with van der Waals surface area (Å²) >= 11 is 0. The van der Waals surface area contributed by atoms with Gasteiger partial charge < -0.3 is 14.0 Å². The molecule has 3 heterocycles. The molecule has 5 rings (SSSR count). The van der Waals surface area contributed by atoms with E-state index < -0.39 is 0 Å². The number of benzene rings is 2. The molecule has 0 amide bonds. The molecule has 0 N–H and O–H groups in total. The molecule has 31 heavy (non-hydrogen) atoms. The summed E-state index contributed by atoms with van der Waals surface area (Å²) in [5.74, 6) is 1.73. The van der Waals surface area contributed by atoms with E-state index in [-0.39, 0.29) is 11.9 Å². The Morgan fingerprint density at radius 3 is 2.74 bits per heavy atom. The van der Waals surface area contributed by atoms with Gasteiger partial charge in [0.2, 0.25) is 0 Å². The van der Waals surface area contributed by atoms with E-state index in [0.29, 0.717) is 30.5 Å². The summed E-state index contributed by atoms with van der Waals surface area (Å²) in [4.78, 5) is 9.09. The first-order valence-electron chi connectivity index (χ1n) is 10.1. The van der Waals surface area contributed by atoms with Gasteiger partial charge in [-0.15, -0.1) is 0 Å². The van der Waals surface area contributed by atoms with Crippen molar-refractivity contribution in [2.75, 3.05) is 13.7 Å². The first kappa shape index (κ1) is 19.4. The summed E-state index contributed by atoms with van der Waals surface area (Å²) in [6.07, 6.45) is 4.14. The van der Waals surface area contributed by atoms with Crippen LogP contribution < -0.4 is 4.74 Å². The van der Waals surface area contributed by atoms with Crippen LogP contribution in [-0.2, 0) is 11.3 Å². The zero-order valence-electron chi connectivity index (χ0n) is 17.3.